The number of carbonyl (C=O) groups excluding carboxylic acids is 1. The molecule has 2 aromatic rings. The maximum Gasteiger partial charge on any atom is 0.243 e. The quantitative estimate of drug-likeness (QED) is 0.893. The van der Waals surface area contributed by atoms with Crippen molar-refractivity contribution in [3.8, 4) is 0 Å². The van der Waals surface area contributed by atoms with Gasteiger partial charge in [0.25, 0.3) is 0 Å². The smallest absolute Gasteiger partial charge is 0.243 e. The standard InChI is InChI=1S/C15H15ClN2O/c1-11-3-2-4-14(9-11)17-10-15(19)18-13-7-5-12(16)6-8-13/h2-9,17H,10H2,1H3,(H,18,19). The monoisotopic (exact) mass is 274 g/mol. The topological polar surface area (TPSA) is 41.1 Å². The van der Waals surface area contributed by atoms with E-state index in [-0.39, 0.29) is 12.5 Å². The Morgan fingerprint density at radius 3 is 2.53 bits per heavy atom. The zero-order valence-corrected chi connectivity index (χ0v) is 11.4. The second-order valence-electron chi connectivity index (χ2n) is 4.28. The minimum atomic E-state index is -0.0937. The molecule has 0 fully saturated rings. The van der Waals surface area contributed by atoms with Gasteiger partial charge in [-0.2, -0.15) is 0 Å². The molecule has 19 heavy (non-hydrogen) atoms. The van der Waals surface area contributed by atoms with Crippen molar-refractivity contribution in [2.45, 2.75) is 6.92 Å². The molecular formula is C15H15ClN2O. The fraction of sp³-hybridized carbons (Fsp3) is 0.133. The third-order valence-corrected chi connectivity index (χ3v) is 2.85. The van der Waals surface area contributed by atoms with Crippen molar-refractivity contribution in [1.29, 1.82) is 0 Å². The number of halogens is 1. The largest absolute Gasteiger partial charge is 0.376 e. The molecule has 0 aliphatic rings. The molecule has 0 saturated carbocycles. The second-order valence-corrected chi connectivity index (χ2v) is 4.71. The number of aryl methyl sites for hydroxylation is 1. The summed E-state index contributed by atoms with van der Waals surface area (Å²) < 4.78 is 0. The SMILES string of the molecule is Cc1cccc(NCC(=O)Nc2ccc(Cl)cc2)c1. The van der Waals surface area contributed by atoms with Gasteiger partial charge in [-0.3, -0.25) is 4.79 Å². The number of anilines is 2. The van der Waals surface area contributed by atoms with Crippen LogP contribution in [0.4, 0.5) is 11.4 Å². The molecule has 0 atom stereocenters. The van der Waals surface area contributed by atoms with Gasteiger partial charge in [-0.25, -0.2) is 0 Å². The lowest BCUT2D eigenvalue weighted by atomic mass is 10.2. The van der Waals surface area contributed by atoms with Gasteiger partial charge in [0.05, 0.1) is 6.54 Å². The molecule has 0 bridgehead atoms. The van der Waals surface area contributed by atoms with E-state index in [2.05, 4.69) is 10.6 Å². The van der Waals surface area contributed by atoms with Crippen LogP contribution in [0, 0.1) is 6.92 Å². The van der Waals surface area contributed by atoms with Crippen LogP contribution in [0.3, 0.4) is 0 Å². The lowest BCUT2D eigenvalue weighted by molar-refractivity contribution is -0.114. The van der Waals surface area contributed by atoms with Crippen LogP contribution in [-0.2, 0) is 4.79 Å². The van der Waals surface area contributed by atoms with Gasteiger partial charge in [0.1, 0.15) is 0 Å². The van der Waals surface area contributed by atoms with E-state index in [0.29, 0.717) is 5.02 Å². The first kappa shape index (κ1) is 13.4. The molecule has 0 unspecified atom stereocenters. The molecule has 0 saturated heterocycles. The molecule has 2 N–H and O–H groups in total. The van der Waals surface area contributed by atoms with Crippen molar-refractivity contribution in [2.75, 3.05) is 17.2 Å². The zero-order valence-electron chi connectivity index (χ0n) is 10.6. The Morgan fingerprint density at radius 1 is 1.11 bits per heavy atom. The van der Waals surface area contributed by atoms with E-state index in [4.69, 9.17) is 11.6 Å². The molecular weight excluding hydrogens is 260 g/mol. The zero-order chi connectivity index (χ0) is 13.7. The van der Waals surface area contributed by atoms with Gasteiger partial charge >= 0.3 is 0 Å². The average Bonchev–Trinajstić information content (AvgIpc) is 2.39. The van der Waals surface area contributed by atoms with Crippen molar-refractivity contribution in [2.24, 2.45) is 0 Å². The number of benzene rings is 2. The Hall–Kier alpha value is -2.00. The Balaban J connectivity index is 1.86. The summed E-state index contributed by atoms with van der Waals surface area (Å²) in [4.78, 5) is 11.7. The molecule has 2 rings (SSSR count). The van der Waals surface area contributed by atoms with Gasteiger partial charge in [0.15, 0.2) is 0 Å². The summed E-state index contributed by atoms with van der Waals surface area (Å²) in [6.07, 6.45) is 0. The number of rotatable bonds is 4. The minimum Gasteiger partial charge on any atom is -0.376 e. The van der Waals surface area contributed by atoms with Crippen molar-refractivity contribution in [3.63, 3.8) is 0 Å². The number of carbonyl (C=O) groups is 1. The summed E-state index contributed by atoms with van der Waals surface area (Å²) in [5.41, 5.74) is 2.83. The highest BCUT2D eigenvalue weighted by Crippen LogP contribution is 2.13. The molecule has 0 aromatic heterocycles. The van der Waals surface area contributed by atoms with E-state index in [0.717, 1.165) is 16.9 Å². The second kappa shape index (κ2) is 6.25. The third-order valence-electron chi connectivity index (χ3n) is 2.60. The van der Waals surface area contributed by atoms with E-state index < -0.39 is 0 Å². The van der Waals surface area contributed by atoms with Gasteiger partial charge in [0.2, 0.25) is 5.91 Å². The molecule has 1 amide bonds. The highest BCUT2D eigenvalue weighted by Gasteiger charge is 2.02. The first-order valence-corrected chi connectivity index (χ1v) is 6.37. The number of hydrogen-bond acceptors (Lipinski definition) is 2. The summed E-state index contributed by atoms with van der Waals surface area (Å²) in [5, 5.41) is 6.52. The predicted octanol–water partition coefficient (Wildman–Crippen LogP) is 3.70. The molecule has 2 aromatic carbocycles. The van der Waals surface area contributed by atoms with Crippen LogP contribution in [-0.4, -0.2) is 12.5 Å². The van der Waals surface area contributed by atoms with Gasteiger partial charge < -0.3 is 10.6 Å². The van der Waals surface area contributed by atoms with Crippen LogP contribution in [0.15, 0.2) is 48.5 Å². The summed E-state index contributed by atoms with van der Waals surface area (Å²) >= 11 is 5.78. The summed E-state index contributed by atoms with van der Waals surface area (Å²) in [6.45, 7) is 2.24. The minimum absolute atomic E-state index is 0.0937. The molecule has 0 spiro atoms. The van der Waals surface area contributed by atoms with Gasteiger partial charge in [-0.05, 0) is 48.9 Å². The van der Waals surface area contributed by atoms with Crippen LogP contribution in [0.25, 0.3) is 0 Å². The van der Waals surface area contributed by atoms with E-state index in [1.807, 2.05) is 31.2 Å². The normalized spacial score (nSPS) is 10.0. The molecule has 98 valence electrons. The van der Waals surface area contributed by atoms with Crippen LogP contribution >= 0.6 is 11.6 Å². The number of nitrogens with one attached hydrogen (secondary N) is 2. The van der Waals surface area contributed by atoms with Crippen molar-refractivity contribution in [3.05, 3.63) is 59.1 Å². The Labute approximate surface area is 117 Å². The third kappa shape index (κ3) is 4.30. The van der Waals surface area contributed by atoms with Gasteiger partial charge in [-0.1, -0.05) is 23.7 Å². The van der Waals surface area contributed by atoms with Crippen molar-refractivity contribution in [1.82, 2.24) is 0 Å². The van der Waals surface area contributed by atoms with E-state index >= 15 is 0 Å². The Bertz CT molecular complexity index is 567. The van der Waals surface area contributed by atoms with Crippen LogP contribution in [0.5, 0.6) is 0 Å². The van der Waals surface area contributed by atoms with Crippen LogP contribution < -0.4 is 10.6 Å². The lowest BCUT2D eigenvalue weighted by Gasteiger charge is -2.08. The molecule has 4 heteroatoms. The predicted molar refractivity (Wildman–Crippen MR) is 79.8 cm³/mol. The average molecular weight is 275 g/mol. The number of amides is 1. The first-order valence-electron chi connectivity index (χ1n) is 5.99. The van der Waals surface area contributed by atoms with E-state index in [1.165, 1.54) is 0 Å². The molecule has 3 nitrogen and oxygen atoms in total. The van der Waals surface area contributed by atoms with Crippen LogP contribution in [0.2, 0.25) is 5.02 Å². The Kier molecular flexibility index (Phi) is 4.42. The molecule has 0 heterocycles. The van der Waals surface area contributed by atoms with Crippen molar-refractivity contribution < 1.29 is 4.79 Å². The maximum atomic E-state index is 11.7. The van der Waals surface area contributed by atoms with E-state index in [1.54, 1.807) is 24.3 Å². The molecule has 0 aliphatic heterocycles. The van der Waals surface area contributed by atoms with Gasteiger partial charge in [-0.15, -0.1) is 0 Å². The fourth-order valence-electron chi connectivity index (χ4n) is 1.68. The van der Waals surface area contributed by atoms with Gasteiger partial charge in [0, 0.05) is 16.4 Å². The number of hydrogen-bond donors (Lipinski definition) is 2. The molecule has 0 aliphatic carbocycles. The first-order chi connectivity index (χ1) is 9.13. The maximum absolute atomic E-state index is 11.7. The van der Waals surface area contributed by atoms with Crippen molar-refractivity contribution >= 4 is 28.9 Å². The summed E-state index contributed by atoms with van der Waals surface area (Å²) in [6, 6.07) is 14.9. The lowest BCUT2D eigenvalue weighted by Crippen LogP contribution is -2.21. The highest BCUT2D eigenvalue weighted by atomic mass is 35.5. The Morgan fingerprint density at radius 2 is 1.84 bits per heavy atom. The van der Waals surface area contributed by atoms with E-state index in [9.17, 15) is 4.79 Å². The fourth-order valence-corrected chi connectivity index (χ4v) is 1.80. The summed E-state index contributed by atoms with van der Waals surface area (Å²) in [7, 11) is 0. The summed E-state index contributed by atoms with van der Waals surface area (Å²) in [5.74, 6) is -0.0937. The van der Waals surface area contributed by atoms with Crippen LogP contribution in [0.1, 0.15) is 5.56 Å². The highest BCUT2D eigenvalue weighted by molar-refractivity contribution is 6.30. The molecule has 0 radical (unpaired) electrons.